The first-order valence-corrected chi connectivity index (χ1v) is 7.23. The Morgan fingerprint density at radius 1 is 1.38 bits per heavy atom. The van der Waals surface area contributed by atoms with E-state index < -0.39 is 0 Å². The normalized spacial score (nSPS) is 23.4. The number of hydrogen-bond donors (Lipinski definition) is 1. The molecule has 0 spiro atoms. The molecule has 2 aliphatic rings. The molecule has 1 aromatic heterocycles. The monoisotopic (exact) mass is 235 g/mol. The molecule has 1 saturated heterocycles. The Balaban J connectivity index is 1.67. The summed E-state index contributed by atoms with van der Waals surface area (Å²) in [6.45, 7) is 1.08. The Bertz CT molecular complexity index is 375. The summed E-state index contributed by atoms with van der Waals surface area (Å²) in [7, 11) is 0. The van der Waals surface area contributed by atoms with E-state index in [4.69, 9.17) is 0 Å². The van der Waals surface area contributed by atoms with Crippen LogP contribution in [-0.4, -0.2) is 28.0 Å². The summed E-state index contributed by atoms with van der Waals surface area (Å²) in [5, 5.41) is 3.52. The zero-order valence-electron chi connectivity index (χ0n) is 9.41. The van der Waals surface area contributed by atoms with Crippen LogP contribution in [0.5, 0.6) is 0 Å². The van der Waals surface area contributed by atoms with E-state index >= 15 is 0 Å². The summed E-state index contributed by atoms with van der Waals surface area (Å²) in [5.74, 6) is 4.56. The van der Waals surface area contributed by atoms with Gasteiger partial charge in [0.1, 0.15) is 12.1 Å². The van der Waals surface area contributed by atoms with Crippen LogP contribution in [0.2, 0.25) is 0 Å². The van der Waals surface area contributed by atoms with Gasteiger partial charge in [0.2, 0.25) is 0 Å². The van der Waals surface area contributed by atoms with Crippen LogP contribution in [0.25, 0.3) is 0 Å². The average molecular weight is 235 g/mol. The van der Waals surface area contributed by atoms with Gasteiger partial charge in [0.15, 0.2) is 0 Å². The lowest BCUT2D eigenvalue weighted by Crippen LogP contribution is -2.15. The lowest BCUT2D eigenvalue weighted by molar-refractivity contribution is 0.630. The van der Waals surface area contributed by atoms with E-state index in [-0.39, 0.29) is 0 Å². The Morgan fingerprint density at radius 2 is 2.38 bits per heavy atom. The number of nitrogens with one attached hydrogen (secondary N) is 1. The third-order valence-electron chi connectivity index (χ3n) is 3.46. The Labute approximate surface area is 100 Å². The smallest absolute Gasteiger partial charge is 0.132 e. The van der Waals surface area contributed by atoms with Crippen molar-refractivity contribution in [2.45, 2.75) is 25.7 Å². The summed E-state index contributed by atoms with van der Waals surface area (Å²) in [6, 6.07) is 0. The van der Waals surface area contributed by atoms with Crippen LogP contribution in [-0.2, 0) is 12.8 Å². The molecule has 4 heteroatoms. The third-order valence-corrected chi connectivity index (χ3v) is 4.69. The number of fused-ring (bicyclic) bond motifs is 1. The second-order valence-electron chi connectivity index (χ2n) is 4.61. The van der Waals surface area contributed by atoms with Crippen LogP contribution in [0.3, 0.4) is 0 Å². The van der Waals surface area contributed by atoms with Gasteiger partial charge in [0.05, 0.1) is 0 Å². The van der Waals surface area contributed by atoms with Gasteiger partial charge in [0, 0.05) is 17.8 Å². The maximum Gasteiger partial charge on any atom is 0.132 e. The van der Waals surface area contributed by atoms with E-state index in [9.17, 15) is 0 Å². The zero-order chi connectivity index (χ0) is 10.8. The van der Waals surface area contributed by atoms with Crippen molar-refractivity contribution in [3.05, 3.63) is 17.6 Å². The van der Waals surface area contributed by atoms with Crippen molar-refractivity contribution in [2.24, 2.45) is 5.92 Å². The lowest BCUT2D eigenvalue weighted by atomic mass is 10.1. The van der Waals surface area contributed by atoms with Gasteiger partial charge in [0.25, 0.3) is 0 Å². The first kappa shape index (κ1) is 10.4. The van der Waals surface area contributed by atoms with Crippen molar-refractivity contribution in [1.82, 2.24) is 9.97 Å². The van der Waals surface area contributed by atoms with Crippen LogP contribution < -0.4 is 5.32 Å². The maximum absolute atomic E-state index is 4.38. The predicted octanol–water partition coefficient (Wildman–Crippen LogP) is 2.13. The Morgan fingerprint density at radius 3 is 3.25 bits per heavy atom. The minimum atomic E-state index is 0.831. The van der Waals surface area contributed by atoms with Crippen LogP contribution in [0.15, 0.2) is 6.33 Å². The van der Waals surface area contributed by atoms with Gasteiger partial charge < -0.3 is 5.32 Å². The molecule has 1 unspecified atom stereocenters. The van der Waals surface area contributed by atoms with Crippen LogP contribution in [0.4, 0.5) is 5.82 Å². The molecule has 1 aliphatic carbocycles. The molecule has 0 saturated carbocycles. The van der Waals surface area contributed by atoms with Crippen molar-refractivity contribution in [1.29, 1.82) is 0 Å². The number of nitrogens with zero attached hydrogens (tertiary/aromatic N) is 2. The average Bonchev–Trinajstić information content (AvgIpc) is 2.97. The highest BCUT2D eigenvalue weighted by Crippen LogP contribution is 2.27. The number of aryl methyl sites for hydroxylation is 1. The molecule has 3 rings (SSSR count). The standard InChI is InChI=1S/C12H17N3S/c1-2-10-11(3-1)14-8-15-12(10)13-6-9-4-5-16-7-9/h8-9H,1-7H2,(H,13,14,15). The molecule has 1 N–H and O–H groups in total. The molecule has 0 amide bonds. The van der Waals surface area contributed by atoms with Crippen molar-refractivity contribution in [3.63, 3.8) is 0 Å². The zero-order valence-corrected chi connectivity index (χ0v) is 10.2. The van der Waals surface area contributed by atoms with E-state index in [1.54, 1.807) is 6.33 Å². The molecule has 86 valence electrons. The minimum absolute atomic E-state index is 0.831. The van der Waals surface area contributed by atoms with E-state index in [0.717, 1.165) is 31.1 Å². The van der Waals surface area contributed by atoms with Gasteiger partial charge in [-0.3, -0.25) is 0 Å². The molecule has 1 aromatic rings. The van der Waals surface area contributed by atoms with Gasteiger partial charge in [-0.05, 0) is 43.1 Å². The van der Waals surface area contributed by atoms with Crippen molar-refractivity contribution in [2.75, 3.05) is 23.4 Å². The lowest BCUT2D eigenvalue weighted by Gasteiger charge is -2.12. The van der Waals surface area contributed by atoms with Crippen molar-refractivity contribution < 1.29 is 0 Å². The van der Waals surface area contributed by atoms with E-state index in [2.05, 4.69) is 27.0 Å². The summed E-state index contributed by atoms with van der Waals surface area (Å²) < 4.78 is 0. The first-order valence-electron chi connectivity index (χ1n) is 6.08. The Hall–Kier alpha value is -0.770. The molecule has 3 nitrogen and oxygen atoms in total. The number of thioether (sulfide) groups is 1. The van der Waals surface area contributed by atoms with Crippen molar-refractivity contribution in [3.8, 4) is 0 Å². The van der Waals surface area contributed by atoms with Crippen LogP contribution in [0.1, 0.15) is 24.1 Å². The fourth-order valence-electron chi connectivity index (χ4n) is 2.50. The number of rotatable bonds is 3. The first-order chi connectivity index (χ1) is 7.93. The highest BCUT2D eigenvalue weighted by atomic mass is 32.2. The second kappa shape index (κ2) is 4.62. The number of hydrogen-bond acceptors (Lipinski definition) is 4. The molecule has 0 bridgehead atoms. The van der Waals surface area contributed by atoms with Gasteiger partial charge in [-0.15, -0.1) is 0 Å². The maximum atomic E-state index is 4.38. The largest absolute Gasteiger partial charge is 0.369 e. The topological polar surface area (TPSA) is 37.8 Å². The highest BCUT2D eigenvalue weighted by molar-refractivity contribution is 7.99. The van der Waals surface area contributed by atoms with Gasteiger partial charge in [-0.1, -0.05) is 0 Å². The summed E-state index contributed by atoms with van der Waals surface area (Å²) >= 11 is 2.07. The van der Waals surface area contributed by atoms with Gasteiger partial charge >= 0.3 is 0 Å². The molecule has 0 radical (unpaired) electrons. The molecule has 1 atom stereocenters. The number of anilines is 1. The molecular weight excluding hydrogens is 218 g/mol. The van der Waals surface area contributed by atoms with Crippen LogP contribution in [0, 0.1) is 5.92 Å². The summed E-state index contributed by atoms with van der Waals surface area (Å²) in [6.07, 6.45) is 6.58. The Kier molecular flexibility index (Phi) is 3.00. The summed E-state index contributed by atoms with van der Waals surface area (Å²) in [4.78, 5) is 8.73. The van der Waals surface area contributed by atoms with Gasteiger partial charge in [-0.2, -0.15) is 11.8 Å². The van der Waals surface area contributed by atoms with Crippen molar-refractivity contribution >= 4 is 17.6 Å². The fourth-order valence-corrected chi connectivity index (χ4v) is 3.78. The minimum Gasteiger partial charge on any atom is -0.369 e. The van der Waals surface area contributed by atoms with E-state index in [0.29, 0.717) is 0 Å². The second-order valence-corrected chi connectivity index (χ2v) is 5.76. The number of aromatic nitrogens is 2. The van der Waals surface area contributed by atoms with E-state index in [1.165, 1.54) is 35.6 Å². The quantitative estimate of drug-likeness (QED) is 0.871. The van der Waals surface area contributed by atoms with E-state index in [1.807, 2.05) is 0 Å². The molecule has 2 heterocycles. The van der Waals surface area contributed by atoms with Crippen LogP contribution >= 0.6 is 11.8 Å². The van der Waals surface area contributed by atoms with Gasteiger partial charge in [-0.25, -0.2) is 9.97 Å². The predicted molar refractivity (Wildman–Crippen MR) is 68.0 cm³/mol. The molecule has 1 aliphatic heterocycles. The summed E-state index contributed by atoms with van der Waals surface area (Å²) in [5.41, 5.74) is 2.63. The molecule has 0 aromatic carbocycles. The molecule has 16 heavy (non-hydrogen) atoms. The fraction of sp³-hybridized carbons (Fsp3) is 0.667. The molecule has 1 fully saturated rings. The highest BCUT2D eigenvalue weighted by Gasteiger charge is 2.19. The molecular formula is C12H17N3S. The SMILES string of the molecule is c1nc2c(c(NCC3CCSC3)n1)CCC2. The third kappa shape index (κ3) is 2.03.